The fraction of sp³-hybridized carbons (Fsp3) is 0.286. The highest BCUT2D eigenvalue weighted by Gasteiger charge is 2.08. The second kappa shape index (κ2) is 6.17. The fourth-order valence-electron chi connectivity index (χ4n) is 1.93. The van der Waals surface area contributed by atoms with E-state index in [0.29, 0.717) is 18.5 Å². The molecule has 3 aromatic rings. The number of hydrogen-bond donors (Lipinski definition) is 1. The first kappa shape index (κ1) is 13.3. The highest BCUT2D eigenvalue weighted by Crippen LogP contribution is 2.18. The van der Waals surface area contributed by atoms with Gasteiger partial charge in [-0.1, -0.05) is 12.0 Å². The van der Waals surface area contributed by atoms with Gasteiger partial charge in [0.25, 0.3) is 0 Å². The van der Waals surface area contributed by atoms with Crippen LogP contribution in [0.5, 0.6) is 0 Å². The Balaban J connectivity index is 1.62. The van der Waals surface area contributed by atoms with Gasteiger partial charge in [0.1, 0.15) is 0 Å². The van der Waals surface area contributed by atoms with Gasteiger partial charge in [-0.05, 0) is 18.6 Å². The maximum atomic E-state index is 5.56. The van der Waals surface area contributed by atoms with Crippen LogP contribution in [0.2, 0.25) is 0 Å². The molecule has 0 spiro atoms. The van der Waals surface area contributed by atoms with Crippen molar-refractivity contribution in [2.24, 2.45) is 0 Å². The maximum absolute atomic E-state index is 5.56. The van der Waals surface area contributed by atoms with E-state index < -0.39 is 0 Å². The summed E-state index contributed by atoms with van der Waals surface area (Å²) >= 11 is 0. The molecular formula is C14H16N6O. The Morgan fingerprint density at radius 3 is 2.90 bits per heavy atom. The van der Waals surface area contributed by atoms with Crippen molar-refractivity contribution >= 4 is 6.01 Å². The zero-order chi connectivity index (χ0) is 14.5. The van der Waals surface area contributed by atoms with Crippen LogP contribution < -0.4 is 5.32 Å². The molecule has 3 heterocycles. The lowest BCUT2D eigenvalue weighted by molar-refractivity contribution is 0.580. The minimum Gasteiger partial charge on any atom is -0.403 e. The highest BCUT2D eigenvalue weighted by atomic mass is 16.4. The number of anilines is 1. The van der Waals surface area contributed by atoms with Crippen LogP contribution in [0.4, 0.5) is 6.01 Å². The minimum absolute atomic E-state index is 0.394. The Kier molecular flexibility index (Phi) is 3.90. The fourth-order valence-corrected chi connectivity index (χ4v) is 1.93. The number of nitrogens with zero attached hydrogens (tertiary/aromatic N) is 5. The minimum atomic E-state index is 0.394. The quantitative estimate of drug-likeness (QED) is 0.748. The van der Waals surface area contributed by atoms with Crippen molar-refractivity contribution in [2.75, 3.05) is 5.32 Å². The zero-order valence-electron chi connectivity index (χ0n) is 11.7. The number of aromatic nitrogens is 5. The van der Waals surface area contributed by atoms with E-state index in [0.717, 1.165) is 24.1 Å². The number of rotatable bonds is 6. The third-order valence-electron chi connectivity index (χ3n) is 2.94. The molecular weight excluding hydrogens is 268 g/mol. The molecule has 0 saturated carbocycles. The van der Waals surface area contributed by atoms with Crippen LogP contribution in [0.25, 0.3) is 11.5 Å². The second-order valence-corrected chi connectivity index (χ2v) is 4.61. The molecule has 0 radical (unpaired) electrons. The number of hydrogen-bond acceptors (Lipinski definition) is 6. The summed E-state index contributed by atoms with van der Waals surface area (Å²) in [6.07, 6.45) is 8.29. The van der Waals surface area contributed by atoms with E-state index in [4.69, 9.17) is 4.42 Å². The number of pyridine rings is 1. The van der Waals surface area contributed by atoms with Gasteiger partial charge in [0.05, 0.1) is 6.20 Å². The summed E-state index contributed by atoms with van der Waals surface area (Å²) in [6, 6.07) is 4.04. The van der Waals surface area contributed by atoms with Crippen molar-refractivity contribution in [2.45, 2.75) is 26.4 Å². The van der Waals surface area contributed by atoms with E-state index in [1.54, 1.807) is 12.4 Å². The van der Waals surface area contributed by atoms with Crippen molar-refractivity contribution < 1.29 is 4.42 Å². The van der Waals surface area contributed by atoms with Gasteiger partial charge in [0.2, 0.25) is 5.89 Å². The first-order chi connectivity index (χ1) is 10.3. The molecule has 21 heavy (non-hydrogen) atoms. The molecule has 0 amide bonds. The summed E-state index contributed by atoms with van der Waals surface area (Å²) in [4.78, 5) is 3.96. The Labute approximate surface area is 122 Å². The average molecular weight is 284 g/mol. The van der Waals surface area contributed by atoms with Crippen LogP contribution >= 0.6 is 0 Å². The molecule has 1 N–H and O–H groups in total. The lowest BCUT2D eigenvalue weighted by Crippen LogP contribution is -1.99. The topological polar surface area (TPSA) is 81.7 Å². The second-order valence-electron chi connectivity index (χ2n) is 4.61. The van der Waals surface area contributed by atoms with Crippen LogP contribution in [0.15, 0.2) is 41.3 Å². The maximum Gasteiger partial charge on any atom is 0.316 e. The summed E-state index contributed by atoms with van der Waals surface area (Å²) in [5.41, 5.74) is 1.92. The Morgan fingerprint density at radius 2 is 2.10 bits per heavy atom. The molecule has 0 unspecified atom stereocenters. The third-order valence-corrected chi connectivity index (χ3v) is 2.94. The monoisotopic (exact) mass is 284 g/mol. The molecule has 0 aliphatic rings. The lowest BCUT2D eigenvalue weighted by Gasteiger charge is -1.98. The van der Waals surface area contributed by atoms with Crippen LogP contribution in [0.3, 0.4) is 0 Å². The molecule has 0 bridgehead atoms. The average Bonchev–Trinajstić information content (AvgIpc) is 3.16. The summed E-state index contributed by atoms with van der Waals surface area (Å²) < 4.78 is 7.48. The van der Waals surface area contributed by atoms with Gasteiger partial charge < -0.3 is 9.73 Å². The predicted molar refractivity (Wildman–Crippen MR) is 77.4 cm³/mol. The van der Waals surface area contributed by atoms with Crippen molar-refractivity contribution in [3.8, 4) is 11.5 Å². The first-order valence-corrected chi connectivity index (χ1v) is 6.84. The molecule has 7 nitrogen and oxygen atoms in total. The van der Waals surface area contributed by atoms with Gasteiger partial charge in [-0.25, -0.2) is 0 Å². The van der Waals surface area contributed by atoms with Gasteiger partial charge >= 0.3 is 6.01 Å². The molecule has 0 saturated heterocycles. The van der Waals surface area contributed by atoms with E-state index in [9.17, 15) is 0 Å². The summed E-state index contributed by atoms with van der Waals surface area (Å²) in [7, 11) is 0. The van der Waals surface area contributed by atoms with E-state index in [-0.39, 0.29) is 0 Å². The van der Waals surface area contributed by atoms with Gasteiger partial charge in [0, 0.05) is 42.8 Å². The van der Waals surface area contributed by atoms with Crippen molar-refractivity contribution in [3.63, 3.8) is 0 Å². The predicted octanol–water partition coefficient (Wildman–Crippen LogP) is 2.35. The van der Waals surface area contributed by atoms with E-state index in [1.807, 2.05) is 29.2 Å². The normalized spacial score (nSPS) is 10.7. The van der Waals surface area contributed by atoms with E-state index in [1.165, 1.54) is 0 Å². The standard InChI is InChI=1S/C14H16N6O/c1-2-7-20-10-11(9-17-20)8-16-14-19-18-13(21-14)12-3-5-15-6-4-12/h3-6,9-10H,2,7-8H2,1H3,(H,16,19). The van der Waals surface area contributed by atoms with Crippen molar-refractivity contribution in [3.05, 3.63) is 42.5 Å². The van der Waals surface area contributed by atoms with Gasteiger partial charge in [0.15, 0.2) is 0 Å². The van der Waals surface area contributed by atoms with Crippen molar-refractivity contribution in [1.29, 1.82) is 0 Å². The molecule has 0 aromatic carbocycles. The first-order valence-electron chi connectivity index (χ1n) is 6.84. The number of nitrogens with one attached hydrogen (secondary N) is 1. The highest BCUT2D eigenvalue weighted by molar-refractivity contribution is 5.51. The van der Waals surface area contributed by atoms with E-state index >= 15 is 0 Å². The molecule has 7 heteroatoms. The lowest BCUT2D eigenvalue weighted by atomic mass is 10.3. The van der Waals surface area contributed by atoms with Crippen LogP contribution in [-0.2, 0) is 13.1 Å². The number of aryl methyl sites for hydroxylation is 1. The smallest absolute Gasteiger partial charge is 0.316 e. The molecule has 0 aliphatic carbocycles. The van der Waals surface area contributed by atoms with Gasteiger partial charge in [-0.3, -0.25) is 9.67 Å². The largest absolute Gasteiger partial charge is 0.403 e. The SMILES string of the molecule is CCCn1cc(CNc2nnc(-c3ccncc3)o2)cn1. The molecule has 108 valence electrons. The summed E-state index contributed by atoms with van der Waals surface area (Å²) in [5, 5.41) is 15.4. The summed E-state index contributed by atoms with van der Waals surface area (Å²) in [6.45, 7) is 3.65. The molecule has 3 rings (SSSR count). The Hall–Kier alpha value is -2.70. The molecule has 0 aliphatic heterocycles. The molecule has 0 atom stereocenters. The van der Waals surface area contributed by atoms with Gasteiger partial charge in [-0.2, -0.15) is 5.10 Å². The van der Waals surface area contributed by atoms with Crippen molar-refractivity contribution in [1.82, 2.24) is 25.0 Å². The Morgan fingerprint density at radius 1 is 1.24 bits per heavy atom. The van der Waals surface area contributed by atoms with Gasteiger partial charge in [-0.15, -0.1) is 5.10 Å². The van der Waals surface area contributed by atoms with Crippen LogP contribution in [0, 0.1) is 0 Å². The van der Waals surface area contributed by atoms with Crippen LogP contribution in [0.1, 0.15) is 18.9 Å². The summed E-state index contributed by atoms with van der Waals surface area (Å²) in [5.74, 6) is 0.474. The molecule has 0 fully saturated rings. The van der Waals surface area contributed by atoms with E-state index in [2.05, 4.69) is 32.5 Å². The molecule has 3 aromatic heterocycles. The Bertz CT molecular complexity index is 690. The zero-order valence-corrected chi connectivity index (χ0v) is 11.7. The van der Waals surface area contributed by atoms with Crippen LogP contribution in [-0.4, -0.2) is 25.0 Å². The third kappa shape index (κ3) is 3.25.